The zero-order valence-corrected chi connectivity index (χ0v) is 18.1. The van der Waals surface area contributed by atoms with E-state index in [1.54, 1.807) is 17.0 Å². The fraction of sp³-hybridized carbons (Fsp3) is 0.143. The molecule has 9 heteroatoms. The average molecular weight is 485 g/mol. The molecule has 0 saturated carbocycles. The van der Waals surface area contributed by atoms with Crippen LogP contribution in [0.5, 0.6) is 0 Å². The number of carbonyl (C=O) groups excluding carboxylic acids is 1. The van der Waals surface area contributed by atoms with E-state index >= 15 is 0 Å². The second kappa shape index (κ2) is 7.10. The highest BCUT2D eigenvalue weighted by atomic mass is 79.9. The zero-order chi connectivity index (χ0) is 21.0. The van der Waals surface area contributed by atoms with Crippen LogP contribution < -0.4 is 15.0 Å². The summed E-state index contributed by atoms with van der Waals surface area (Å²) in [5.41, 5.74) is 2.13. The summed E-state index contributed by atoms with van der Waals surface area (Å²) in [4.78, 5) is 32.8. The number of nitrogens with zero attached hydrogens (tertiary/aromatic N) is 4. The van der Waals surface area contributed by atoms with Gasteiger partial charge in [0.1, 0.15) is 10.3 Å². The van der Waals surface area contributed by atoms with Crippen LogP contribution in [0.2, 0.25) is 0 Å². The first-order valence-corrected chi connectivity index (χ1v) is 10.9. The average Bonchev–Trinajstić information content (AvgIpc) is 3.35. The van der Waals surface area contributed by atoms with Gasteiger partial charge in [-0.15, -0.1) is 5.10 Å². The molecule has 5 rings (SSSR count). The lowest BCUT2D eigenvalue weighted by molar-refractivity contribution is -0.113. The lowest BCUT2D eigenvalue weighted by atomic mass is 10.1. The lowest BCUT2D eigenvalue weighted by Gasteiger charge is -2.15. The van der Waals surface area contributed by atoms with Crippen LogP contribution in [-0.4, -0.2) is 27.0 Å². The third kappa shape index (κ3) is 2.88. The quantitative estimate of drug-likeness (QED) is 0.446. The van der Waals surface area contributed by atoms with Gasteiger partial charge in [-0.3, -0.25) is 9.59 Å². The Morgan fingerprint density at radius 3 is 2.60 bits per heavy atom. The van der Waals surface area contributed by atoms with Gasteiger partial charge in [0.15, 0.2) is 5.82 Å². The first-order chi connectivity index (χ1) is 14.5. The maximum Gasteiger partial charge on any atom is 0.291 e. The van der Waals surface area contributed by atoms with Crippen LogP contribution in [-0.2, 0) is 4.79 Å². The lowest BCUT2D eigenvalue weighted by Crippen LogP contribution is -2.32. The topological polar surface area (TPSA) is 67.6 Å². The second-order valence-electron chi connectivity index (χ2n) is 6.87. The predicted octanol–water partition coefficient (Wildman–Crippen LogP) is 3.39. The molecule has 1 aliphatic heterocycles. The summed E-state index contributed by atoms with van der Waals surface area (Å²) in [6, 6.07) is 11.4. The number of amides is 1. The molecule has 0 aliphatic carbocycles. The van der Waals surface area contributed by atoms with Gasteiger partial charge in [-0.2, -0.15) is 9.50 Å². The molecular formula is C21H14BrFN4O2S. The van der Waals surface area contributed by atoms with Crippen molar-refractivity contribution in [2.45, 2.75) is 13.3 Å². The first-order valence-electron chi connectivity index (χ1n) is 9.29. The molecule has 0 spiro atoms. The number of hydrogen-bond donors (Lipinski definition) is 0. The molecule has 2 aromatic carbocycles. The maximum absolute atomic E-state index is 13.2. The van der Waals surface area contributed by atoms with Crippen molar-refractivity contribution in [2.75, 3.05) is 11.4 Å². The van der Waals surface area contributed by atoms with Gasteiger partial charge in [0, 0.05) is 22.1 Å². The summed E-state index contributed by atoms with van der Waals surface area (Å²) in [6.45, 7) is 2.57. The number of rotatable bonds is 3. The number of halogens is 2. The minimum absolute atomic E-state index is 0.190. The van der Waals surface area contributed by atoms with Crippen molar-refractivity contribution in [1.82, 2.24) is 14.6 Å². The van der Waals surface area contributed by atoms with Gasteiger partial charge in [0.25, 0.3) is 11.5 Å². The Labute approximate surface area is 182 Å². The molecule has 0 radical (unpaired) electrons. The number of thiazole rings is 1. The molecule has 0 unspecified atom stereocenters. The van der Waals surface area contributed by atoms with Gasteiger partial charge in [-0.05, 0) is 48.9 Å². The molecule has 0 saturated heterocycles. The van der Waals surface area contributed by atoms with Crippen molar-refractivity contribution in [3.8, 4) is 11.4 Å². The van der Waals surface area contributed by atoms with Crippen molar-refractivity contribution in [1.29, 1.82) is 0 Å². The van der Waals surface area contributed by atoms with Crippen molar-refractivity contribution in [3.05, 3.63) is 73.2 Å². The van der Waals surface area contributed by atoms with E-state index in [0.717, 1.165) is 33.5 Å². The van der Waals surface area contributed by atoms with E-state index < -0.39 is 0 Å². The Balaban J connectivity index is 1.72. The van der Waals surface area contributed by atoms with Gasteiger partial charge < -0.3 is 4.90 Å². The largest absolute Gasteiger partial charge is 0.308 e. The second-order valence-corrected chi connectivity index (χ2v) is 8.76. The molecule has 6 nitrogen and oxygen atoms in total. The molecule has 0 fully saturated rings. The van der Waals surface area contributed by atoms with Crippen molar-refractivity contribution in [2.24, 2.45) is 0 Å². The highest BCUT2D eigenvalue weighted by Gasteiger charge is 2.34. The summed E-state index contributed by atoms with van der Waals surface area (Å²) in [5.74, 6) is -0.210. The molecule has 0 bridgehead atoms. The molecule has 0 N–H and O–H groups in total. The summed E-state index contributed by atoms with van der Waals surface area (Å²) < 4.78 is 15.5. The molecule has 4 aromatic rings. The third-order valence-corrected chi connectivity index (χ3v) is 6.43. The maximum atomic E-state index is 13.2. The summed E-state index contributed by atoms with van der Waals surface area (Å²) >= 11 is 4.59. The third-order valence-electron chi connectivity index (χ3n) is 4.91. The highest BCUT2D eigenvalue weighted by Crippen LogP contribution is 2.37. The Morgan fingerprint density at radius 2 is 1.90 bits per heavy atom. The minimum atomic E-state index is -0.386. The van der Waals surface area contributed by atoms with Crippen molar-refractivity contribution >= 4 is 49.4 Å². The standard InChI is InChI=1S/C21H14BrFN4O2S/c1-2-9-26-15-8-5-12(22)10-14(15)16(19(26)28)17-20(29)27-21(30-17)24-18(25-27)11-3-6-13(23)7-4-11/h3-8,10H,2,9H2,1H3/b17-16-. The Kier molecular flexibility index (Phi) is 4.52. The van der Waals surface area contributed by atoms with Crippen LogP contribution in [0.25, 0.3) is 21.9 Å². The number of carbonyl (C=O) groups is 1. The number of benzene rings is 2. The molecular weight excluding hydrogens is 471 g/mol. The van der Waals surface area contributed by atoms with Crippen molar-refractivity contribution < 1.29 is 9.18 Å². The van der Waals surface area contributed by atoms with Gasteiger partial charge >= 0.3 is 0 Å². The summed E-state index contributed by atoms with van der Waals surface area (Å²) in [6.07, 6.45) is 0.801. The van der Waals surface area contributed by atoms with Gasteiger partial charge in [0.05, 0.1) is 11.3 Å². The molecule has 1 amide bonds. The van der Waals surface area contributed by atoms with E-state index in [2.05, 4.69) is 26.0 Å². The highest BCUT2D eigenvalue weighted by molar-refractivity contribution is 9.10. The molecule has 30 heavy (non-hydrogen) atoms. The zero-order valence-electron chi connectivity index (χ0n) is 15.7. The smallest absolute Gasteiger partial charge is 0.291 e. The molecule has 3 heterocycles. The van der Waals surface area contributed by atoms with Crippen LogP contribution in [0.15, 0.2) is 51.7 Å². The van der Waals surface area contributed by atoms with Crippen LogP contribution in [0.1, 0.15) is 18.9 Å². The number of aromatic nitrogens is 3. The molecule has 2 aromatic heterocycles. The summed E-state index contributed by atoms with van der Waals surface area (Å²) in [7, 11) is 0. The van der Waals surface area contributed by atoms with Crippen LogP contribution in [0.3, 0.4) is 0 Å². The van der Waals surface area contributed by atoms with Crippen LogP contribution in [0.4, 0.5) is 10.1 Å². The number of fused-ring (bicyclic) bond motifs is 2. The fourth-order valence-corrected chi connectivity index (χ4v) is 4.93. The molecule has 1 aliphatic rings. The van der Waals surface area contributed by atoms with E-state index in [1.165, 1.54) is 16.6 Å². The fourth-order valence-electron chi connectivity index (χ4n) is 3.57. The van der Waals surface area contributed by atoms with Gasteiger partial charge in [-0.1, -0.05) is 34.2 Å². The monoisotopic (exact) mass is 484 g/mol. The van der Waals surface area contributed by atoms with E-state index in [1.807, 2.05) is 25.1 Å². The van der Waals surface area contributed by atoms with Gasteiger partial charge in [-0.25, -0.2) is 4.39 Å². The SMILES string of the molecule is CCCN1C(=O)/C(=c2\sc3nc(-c4ccc(F)cc4)nn3c2=O)c2cc(Br)ccc21. The Morgan fingerprint density at radius 1 is 1.13 bits per heavy atom. The normalized spacial score (nSPS) is 15.3. The van der Waals surface area contributed by atoms with Crippen LogP contribution in [0, 0.1) is 5.82 Å². The van der Waals surface area contributed by atoms with E-state index in [9.17, 15) is 14.0 Å². The number of hydrogen-bond acceptors (Lipinski definition) is 5. The Bertz CT molecular complexity index is 1430. The Hall–Kier alpha value is -2.91. The van der Waals surface area contributed by atoms with E-state index in [-0.39, 0.29) is 17.3 Å². The predicted molar refractivity (Wildman–Crippen MR) is 117 cm³/mol. The van der Waals surface area contributed by atoms with Gasteiger partial charge in [0.2, 0.25) is 4.96 Å². The number of anilines is 1. The summed E-state index contributed by atoms with van der Waals surface area (Å²) in [5, 5.41) is 4.29. The van der Waals surface area contributed by atoms with E-state index in [4.69, 9.17) is 0 Å². The molecule has 150 valence electrons. The minimum Gasteiger partial charge on any atom is -0.308 e. The first kappa shape index (κ1) is 19.1. The molecule has 0 atom stereocenters. The van der Waals surface area contributed by atoms with Crippen LogP contribution >= 0.6 is 27.3 Å². The van der Waals surface area contributed by atoms with Crippen molar-refractivity contribution in [3.63, 3.8) is 0 Å². The van der Waals surface area contributed by atoms with E-state index in [0.29, 0.717) is 33.0 Å².